The van der Waals surface area contributed by atoms with Gasteiger partial charge in [-0.25, -0.2) is 0 Å². The number of benzene rings is 1. The van der Waals surface area contributed by atoms with Gasteiger partial charge in [0.2, 0.25) is 0 Å². The summed E-state index contributed by atoms with van der Waals surface area (Å²) < 4.78 is 5.94. The van der Waals surface area contributed by atoms with E-state index in [1.807, 2.05) is 36.4 Å². The van der Waals surface area contributed by atoms with E-state index in [1.54, 1.807) is 6.20 Å². The molecule has 0 unspecified atom stereocenters. The Morgan fingerprint density at radius 3 is 2.71 bits per heavy atom. The summed E-state index contributed by atoms with van der Waals surface area (Å²) in [6, 6.07) is 11.2. The molecule has 1 aromatic heterocycles. The zero-order chi connectivity index (χ0) is 12.3. The van der Waals surface area contributed by atoms with Crippen molar-refractivity contribution in [1.82, 2.24) is 4.98 Å². The third-order valence-electron chi connectivity index (χ3n) is 2.15. The van der Waals surface area contributed by atoms with E-state index in [0.29, 0.717) is 5.75 Å². The fraction of sp³-hybridized carbons (Fsp3) is 0.0769. The van der Waals surface area contributed by atoms with Crippen LogP contribution in [0.1, 0.15) is 6.92 Å². The molecule has 3 nitrogen and oxygen atoms in total. The van der Waals surface area contributed by atoms with Crippen molar-refractivity contribution in [3.05, 3.63) is 47.1 Å². The van der Waals surface area contributed by atoms with Crippen LogP contribution in [0.4, 0.5) is 0 Å². The van der Waals surface area contributed by atoms with Gasteiger partial charge in [-0.3, -0.25) is 9.78 Å². The van der Waals surface area contributed by atoms with Gasteiger partial charge >= 0.3 is 5.97 Å². The monoisotopic (exact) mass is 291 g/mol. The van der Waals surface area contributed by atoms with Crippen molar-refractivity contribution in [2.24, 2.45) is 0 Å². The summed E-state index contributed by atoms with van der Waals surface area (Å²) in [7, 11) is 0. The Kier molecular flexibility index (Phi) is 3.54. The third-order valence-corrected chi connectivity index (χ3v) is 2.78. The van der Waals surface area contributed by atoms with Crippen molar-refractivity contribution in [1.29, 1.82) is 0 Å². The van der Waals surface area contributed by atoms with Crippen LogP contribution in [-0.2, 0) is 4.79 Å². The molecular formula is C13H10BrNO2. The summed E-state index contributed by atoms with van der Waals surface area (Å²) in [5.74, 6) is 0.146. The second-order valence-electron chi connectivity index (χ2n) is 3.43. The van der Waals surface area contributed by atoms with Crippen LogP contribution in [0.15, 0.2) is 47.1 Å². The number of aromatic nitrogens is 1. The molecule has 0 saturated heterocycles. The summed E-state index contributed by atoms with van der Waals surface area (Å²) >= 11 is 3.37. The summed E-state index contributed by atoms with van der Waals surface area (Å²) in [5.41, 5.74) is 1.56. The second-order valence-corrected chi connectivity index (χ2v) is 4.28. The average Bonchev–Trinajstić information content (AvgIpc) is 2.32. The van der Waals surface area contributed by atoms with Crippen LogP contribution < -0.4 is 4.74 Å². The third kappa shape index (κ3) is 2.71. The van der Waals surface area contributed by atoms with Crippen LogP contribution in [0.25, 0.3) is 11.3 Å². The normalized spacial score (nSPS) is 10.0. The topological polar surface area (TPSA) is 39.2 Å². The van der Waals surface area contributed by atoms with Crippen LogP contribution in [0, 0.1) is 0 Å². The number of esters is 1. The van der Waals surface area contributed by atoms with Gasteiger partial charge in [-0.15, -0.1) is 0 Å². The number of nitrogens with zero attached hydrogens (tertiary/aromatic N) is 1. The first kappa shape index (κ1) is 11.8. The minimum absolute atomic E-state index is 0.353. The summed E-state index contributed by atoms with van der Waals surface area (Å²) in [6.07, 6.45) is 1.70. The van der Waals surface area contributed by atoms with Crippen molar-refractivity contribution in [2.75, 3.05) is 0 Å². The van der Waals surface area contributed by atoms with Gasteiger partial charge in [-0.2, -0.15) is 0 Å². The van der Waals surface area contributed by atoms with E-state index in [2.05, 4.69) is 20.9 Å². The summed E-state index contributed by atoms with van der Waals surface area (Å²) in [5, 5.41) is 0. The summed E-state index contributed by atoms with van der Waals surface area (Å²) in [4.78, 5) is 15.3. The maximum Gasteiger partial charge on any atom is 0.308 e. The first-order valence-electron chi connectivity index (χ1n) is 5.07. The van der Waals surface area contributed by atoms with Gasteiger partial charge in [0.25, 0.3) is 0 Å². The van der Waals surface area contributed by atoms with Crippen molar-refractivity contribution in [3.63, 3.8) is 0 Å². The van der Waals surface area contributed by atoms with Gasteiger partial charge in [0.05, 0.1) is 10.2 Å². The van der Waals surface area contributed by atoms with Crippen LogP contribution in [0.2, 0.25) is 0 Å². The van der Waals surface area contributed by atoms with E-state index in [1.165, 1.54) is 6.92 Å². The van der Waals surface area contributed by atoms with Crippen LogP contribution in [0.3, 0.4) is 0 Å². The van der Waals surface area contributed by atoms with Crippen molar-refractivity contribution in [2.45, 2.75) is 6.92 Å². The maximum atomic E-state index is 11.1. The molecule has 17 heavy (non-hydrogen) atoms. The standard InChI is InChI=1S/C13H10BrNO2/c1-9(16)17-13-10(5-4-6-11(13)14)12-7-2-3-8-15-12/h2-8H,1H3. The highest BCUT2D eigenvalue weighted by atomic mass is 79.9. The fourth-order valence-corrected chi connectivity index (χ4v) is 1.93. The Balaban J connectivity index is 2.54. The van der Waals surface area contributed by atoms with Gasteiger partial charge < -0.3 is 4.74 Å². The predicted molar refractivity (Wildman–Crippen MR) is 68.7 cm³/mol. The number of halogens is 1. The van der Waals surface area contributed by atoms with E-state index < -0.39 is 0 Å². The molecule has 0 aliphatic carbocycles. The SMILES string of the molecule is CC(=O)Oc1c(Br)cccc1-c1ccccn1. The van der Waals surface area contributed by atoms with E-state index in [9.17, 15) is 4.79 Å². The van der Waals surface area contributed by atoms with E-state index >= 15 is 0 Å². The Labute approximate surface area is 108 Å². The minimum atomic E-state index is -0.353. The van der Waals surface area contributed by atoms with E-state index in [4.69, 9.17) is 4.74 Å². The van der Waals surface area contributed by atoms with Crippen LogP contribution in [0.5, 0.6) is 5.75 Å². The largest absolute Gasteiger partial charge is 0.425 e. The average molecular weight is 292 g/mol. The van der Waals surface area contributed by atoms with Crippen molar-refractivity contribution in [3.8, 4) is 17.0 Å². The zero-order valence-corrected chi connectivity index (χ0v) is 10.8. The molecule has 4 heteroatoms. The van der Waals surface area contributed by atoms with E-state index in [-0.39, 0.29) is 5.97 Å². The Bertz CT molecular complexity index is 540. The van der Waals surface area contributed by atoms with Gasteiger partial charge in [-0.1, -0.05) is 12.1 Å². The lowest BCUT2D eigenvalue weighted by molar-refractivity contribution is -0.131. The Morgan fingerprint density at radius 2 is 2.06 bits per heavy atom. The van der Waals surface area contributed by atoms with Crippen LogP contribution in [-0.4, -0.2) is 11.0 Å². The highest BCUT2D eigenvalue weighted by Crippen LogP contribution is 2.35. The number of carbonyl (C=O) groups excluding carboxylic acids is 1. The molecule has 0 bridgehead atoms. The van der Waals surface area contributed by atoms with Crippen molar-refractivity contribution >= 4 is 21.9 Å². The lowest BCUT2D eigenvalue weighted by Gasteiger charge is -2.10. The number of pyridine rings is 1. The highest BCUT2D eigenvalue weighted by molar-refractivity contribution is 9.10. The summed E-state index contributed by atoms with van der Waals surface area (Å²) in [6.45, 7) is 1.38. The Hall–Kier alpha value is -1.68. The lowest BCUT2D eigenvalue weighted by atomic mass is 10.1. The number of hydrogen-bond donors (Lipinski definition) is 0. The molecule has 0 saturated carbocycles. The van der Waals surface area contributed by atoms with Gasteiger partial charge in [0.15, 0.2) is 5.75 Å². The van der Waals surface area contributed by atoms with Crippen LogP contribution >= 0.6 is 15.9 Å². The smallest absolute Gasteiger partial charge is 0.308 e. The van der Waals surface area contributed by atoms with E-state index in [0.717, 1.165) is 15.7 Å². The second kappa shape index (κ2) is 5.10. The molecule has 0 amide bonds. The maximum absolute atomic E-state index is 11.1. The molecule has 0 aliphatic heterocycles. The molecule has 2 aromatic rings. The first-order valence-corrected chi connectivity index (χ1v) is 5.86. The van der Waals surface area contributed by atoms with Crippen molar-refractivity contribution < 1.29 is 9.53 Å². The first-order chi connectivity index (χ1) is 8.18. The molecule has 1 heterocycles. The van der Waals surface area contributed by atoms with Gasteiger partial charge in [0.1, 0.15) is 0 Å². The molecule has 2 rings (SSSR count). The van der Waals surface area contributed by atoms with Gasteiger partial charge in [-0.05, 0) is 40.2 Å². The lowest BCUT2D eigenvalue weighted by Crippen LogP contribution is -2.03. The minimum Gasteiger partial charge on any atom is -0.425 e. The molecule has 0 fully saturated rings. The number of carbonyl (C=O) groups is 1. The predicted octanol–water partition coefficient (Wildman–Crippen LogP) is 3.44. The zero-order valence-electron chi connectivity index (χ0n) is 9.18. The molecule has 1 aromatic carbocycles. The molecule has 0 aliphatic rings. The Morgan fingerprint density at radius 1 is 1.24 bits per heavy atom. The molecule has 0 radical (unpaired) electrons. The number of hydrogen-bond acceptors (Lipinski definition) is 3. The highest BCUT2D eigenvalue weighted by Gasteiger charge is 2.12. The number of para-hydroxylation sites is 1. The number of rotatable bonds is 2. The number of ether oxygens (including phenoxy) is 1. The molecule has 0 spiro atoms. The molecule has 0 N–H and O–H groups in total. The van der Waals surface area contributed by atoms with Gasteiger partial charge in [0, 0.05) is 18.7 Å². The quantitative estimate of drug-likeness (QED) is 0.628. The molecule has 86 valence electrons. The fourth-order valence-electron chi connectivity index (χ4n) is 1.48. The molecule has 0 atom stereocenters. The molecular weight excluding hydrogens is 282 g/mol.